The molecular formula is C12H16N2O2S3. The summed E-state index contributed by atoms with van der Waals surface area (Å²) in [6.07, 6.45) is 0. The van der Waals surface area contributed by atoms with E-state index < -0.39 is 10.0 Å². The molecule has 1 atom stereocenters. The number of thiophene rings is 2. The van der Waals surface area contributed by atoms with Gasteiger partial charge in [0.2, 0.25) is 10.0 Å². The second-order valence-corrected chi connectivity index (χ2v) is 8.20. The summed E-state index contributed by atoms with van der Waals surface area (Å²) in [5, 5.41) is 1.93. The zero-order chi connectivity index (χ0) is 14.0. The summed E-state index contributed by atoms with van der Waals surface area (Å²) in [6.45, 7) is 4.00. The Labute approximate surface area is 121 Å². The van der Waals surface area contributed by atoms with Crippen molar-refractivity contribution in [2.45, 2.75) is 31.3 Å². The van der Waals surface area contributed by atoms with Crippen molar-refractivity contribution in [3.05, 3.63) is 38.2 Å². The summed E-state index contributed by atoms with van der Waals surface area (Å²) in [7, 11) is -3.49. The van der Waals surface area contributed by atoms with Gasteiger partial charge in [-0.2, -0.15) is 0 Å². The molecule has 0 saturated carbocycles. The third-order valence-corrected chi connectivity index (χ3v) is 6.64. The average molecular weight is 316 g/mol. The van der Waals surface area contributed by atoms with Crippen LogP contribution in [0.2, 0.25) is 0 Å². The van der Waals surface area contributed by atoms with Gasteiger partial charge in [-0.1, -0.05) is 6.07 Å². The lowest BCUT2D eigenvalue weighted by atomic mass is 10.3. The number of nitrogens with one attached hydrogen (secondary N) is 1. The first-order valence-electron chi connectivity index (χ1n) is 5.79. The van der Waals surface area contributed by atoms with Gasteiger partial charge < -0.3 is 5.73 Å². The molecule has 0 bridgehead atoms. The van der Waals surface area contributed by atoms with E-state index in [4.69, 9.17) is 5.73 Å². The summed E-state index contributed by atoms with van der Waals surface area (Å²) in [5.74, 6) is 0. The van der Waals surface area contributed by atoms with Crippen molar-refractivity contribution in [2.75, 3.05) is 0 Å². The molecule has 2 aromatic heterocycles. The Hall–Kier alpha value is -0.730. The molecule has 0 aliphatic heterocycles. The largest absolute Gasteiger partial charge is 0.326 e. The zero-order valence-electron chi connectivity index (χ0n) is 10.7. The highest BCUT2D eigenvalue weighted by Crippen LogP contribution is 2.27. The lowest BCUT2D eigenvalue weighted by Crippen LogP contribution is -2.26. The molecule has 7 heteroatoms. The molecule has 0 spiro atoms. The molecule has 1 unspecified atom stereocenters. The number of hydrogen-bond donors (Lipinski definition) is 2. The van der Waals surface area contributed by atoms with Crippen LogP contribution < -0.4 is 10.5 Å². The van der Waals surface area contributed by atoms with Crippen LogP contribution in [-0.2, 0) is 16.6 Å². The smallest absolute Gasteiger partial charge is 0.242 e. The predicted octanol–water partition coefficient (Wildman–Crippen LogP) is 2.62. The van der Waals surface area contributed by atoms with E-state index in [-0.39, 0.29) is 6.04 Å². The third-order valence-electron chi connectivity index (χ3n) is 2.72. The Morgan fingerprint density at radius 1 is 1.47 bits per heavy atom. The van der Waals surface area contributed by atoms with Gasteiger partial charge in [0.05, 0.1) is 10.9 Å². The maximum atomic E-state index is 12.3. The third kappa shape index (κ3) is 3.24. The first-order valence-corrected chi connectivity index (χ1v) is 8.97. The lowest BCUT2D eigenvalue weighted by molar-refractivity contribution is 0.568. The van der Waals surface area contributed by atoms with Crippen LogP contribution in [0.3, 0.4) is 0 Å². The van der Waals surface area contributed by atoms with Crippen LogP contribution in [-0.4, -0.2) is 8.42 Å². The van der Waals surface area contributed by atoms with Crippen molar-refractivity contribution in [3.63, 3.8) is 0 Å². The molecule has 4 nitrogen and oxygen atoms in total. The molecule has 2 rings (SSSR count). The molecule has 0 aliphatic carbocycles. The first kappa shape index (κ1) is 14.7. The minimum atomic E-state index is -3.49. The average Bonchev–Trinajstić information content (AvgIpc) is 2.96. The molecule has 0 aromatic carbocycles. The van der Waals surface area contributed by atoms with Gasteiger partial charge in [0.15, 0.2) is 0 Å². The zero-order valence-corrected chi connectivity index (χ0v) is 13.2. The van der Waals surface area contributed by atoms with Crippen molar-refractivity contribution in [1.29, 1.82) is 0 Å². The monoisotopic (exact) mass is 316 g/mol. The Balaban J connectivity index is 2.25. The first-order chi connectivity index (χ1) is 8.94. The summed E-state index contributed by atoms with van der Waals surface area (Å²) in [6, 6.07) is 5.26. The highest BCUT2D eigenvalue weighted by Gasteiger charge is 2.22. The number of hydrogen-bond acceptors (Lipinski definition) is 5. The van der Waals surface area contributed by atoms with E-state index in [2.05, 4.69) is 4.72 Å². The number of nitrogens with two attached hydrogens (primary N) is 1. The van der Waals surface area contributed by atoms with E-state index in [1.807, 2.05) is 24.4 Å². The van der Waals surface area contributed by atoms with Gasteiger partial charge >= 0.3 is 0 Å². The van der Waals surface area contributed by atoms with Gasteiger partial charge in [-0.25, -0.2) is 13.1 Å². The van der Waals surface area contributed by atoms with Crippen molar-refractivity contribution in [3.8, 4) is 0 Å². The van der Waals surface area contributed by atoms with Gasteiger partial charge in [0.1, 0.15) is 0 Å². The van der Waals surface area contributed by atoms with Crippen molar-refractivity contribution < 1.29 is 8.42 Å². The quantitative estimate of drug-likeness (QED) is 0.890. The molecule has 0 saturated heterocycles. The van der Waals surface area contributed by atoms with E-state index in [9.17, 15) is 8.42 Å². The van der Waals surface area contributed by atoms with Crippen LogP contribution in [0.25, 0.3) is 0 Å². The number of aryl methyl sites for hydroxylation is 1. The molecular weight excluding hydrogens is 300 g/mol. The normalized spacial score (nSPS) is 13.6. The summed E-state index contributed by atoms with van der Waals surface area (Å²) >= 11 is 2.96. The molecule has 2 aromatic rings. The Bertz CT molecular complexity index is 645. The van der Waals surface area contributed by atoms with E-state index in [1.165, 1.54) is 22.7 Å². The summed E-state index contributed by atoms with van der Waals surface area (Å²) < 4.78 is 27.4. The van der Waals surface area contributed by atoms with Crippen LogP contribution >= 0.6 is 22.7 Å². The van der Waals surface area contributed by atoms with Crippen LogP contribution in [0.1, 0.15) is 27.6 Å². The predicted molar refractivity (Wildman–Crippen MR) is 80.0 cm³/mol. The molecule has 0 fully saturated rings. The molecule has 2 heterocycles. The van der Waals surface area contributed by atoms with E-state index in [0.29, 0.717) is 11.4 Å². The number of sulfonamides is 1. The molecule has 0 radical (unpaired) electrons. The van der Waals surface area contributed by atoms with Crippen molar-refractivity contribution >= 4 is 32.7 Å². The standard InChI is InChI=1S/C12H16N2O2S3/c1-8(11-4-3-5-17-11)14-19(15,16)12-6-10(7-13)18-9(12)2/h3-6,8,14H,7,13H2,1-2H3. The number of rotatable bonds is 5. The van der Waals surface area contributed by atoms with Crippen LogP contribution in [0.4, 0.5) is 0 Å². The van der Waals surface area contributed by atoms with Gasteiger partial charge in [-0.15, -0.1) is 22.7 Å². The molecule has 3 N–H and O–H groups in total. The maximum Gasteiger partial charge on any atom is 0.242 e. The highest BCUT2D eigenvalue weighted by atomic mass is 32.2. The van der Waals surface area contributed by atoms with E-state index in [0.717, 1.165) is 14.6 Å². The maximum absolute atomic E-state index is 12.3. The van der Waals surface area contributed by atoms with Gasteiger partial charge in [-0.05, 0) is 31.4 Å². The molecule has 0 aliphatic rings. The SMILES string of the molecule is Cc1sc(CN)cc1S(=O)(=O)NC(C)c1cccs1. The van der Waals surface area contributed by atoms with Gasteiger partial charge in [-0.3, -0.25) is 0 Å². The van der Waals surface area contributed by atoms with E-state index >= 15 is 0 Å². The topological polar surface area (TPSA) is 72.2 Å². The Morgan fingerprint density at radius 3 is 2.74 bits per heavy atom. The lowest BCUT2D eigenvalue weighted by Gasteiger charge is -2.12. The Kier molecular flexibility index (Phi) is 4.42. The molecule has 0 amide bonds. The van der Waals surface area contributed by atoms with Crippen LogP contribution in [0, 0.1) is 6.92 Å². The second-order valence-electron chi connectivity index (χ2n) is 4.20. The van der Waals surface area contributed by atoms with Crippen molar-refractivity contribution in [1.82, 2.24) is 4.72 Å². The minimum absolute atomic E-state index is 0.231. The summed E-state index contributed by atoms with van der Waals surface area (Å²) in [5.41, 5.74) is 5.55. The fourth-order valence-electron chi connectivity index (χ4n) is 1.78. The van der Waals surface area contributed by atoms with E-state index in [1.54, 1.807) is 13.0 Å². The summed E-state index contributed by atoms with van der Waals surface area (Å²) in [4.78, 5) is 2.98. The van der Waals surface area contributed by atoms with Crippen molar-refractivity contribution in [2.24, 2.45) is 5.73 Å². The highest BCUT2D eigenvalue weighted by molar-refractivity contribution is 7.89. The fraction of sp³-hybridized carbons (Fsp3) is 0.333. The van der Waals surface area contributed by atoms with Gasteiger partial charge in [0, 0.05) is 21.2 Å². The Morgan fingerprint density at radius 2 is 2.21 bits per heavy atom. The minimum Gasteiger partial charge on any atom is -0.326 e. The second kappa shape index (κ2) is 5.72. The van der Waals surface area contributed by atoms with Crippen LogP contribution in [0.5, 0.6) is 0 Å². The van der Waals surface area contributed by atoms with Gasteiger partial charge in [0.25, 0.3) is 0 Å². The molecule has 19 heavy (non-hydrogen) atoms. The fourth-order valence-corrected chi connectivity index (χ4v) is 5.33. The molecule has 104 valence electrons. The van der Waals surface area contributed by atoms with Crippen LogP contribution in [0.15, 0.2) is 28.5 Å².